The number of aliphatic hydroxyl groups excluding tert-OH is 1. The molecule has 0 heterocycles. The van der Waals surface area contributed by atoms with Crippen molar-refractivity contribution < 1.29 is 35.6 Å². The van der Waals surface area contributed by atoms with Crippen molar-refractivity contribution in [2.24, 2.45) is 0 Å². The zero-order valence-corrected chi connectivity index (χ0v) is 10.4. The summed E-state index contributed by atoms with van der Waals surface area (Å²) in [7, 11) is -5.48. The molecule has 108 valence electrons. The number of aliphatic hydroxyl groups is 1. The molecule has 0 aliphatic carbocycles. The molecule has 0 fully saturated rings. The monoisotopic (exact) mass is 302 g/mol. The standard InChI is InChI=1S/C10H10F4O4S/c1-2-3-4(15)5-6(11)8(13)10(19(16,17)18)9(14)7(5)12/h4,15H,2-3H2,1H3,(H,16,17,18). The highest BCUT2D eigenvalue weighted by molar-refractivity contribution is 7.85. The molecule has 2 N–H and O–H groups in total. The minimum atomic E-state index is -5.48. The summed E-state index contributed by atoms with van der Waals surface area (Å²) >= 11 is 0. The van der Waals surface area contributed by atoms with Gasteiger partial charge in [0, 0.05) is 0 Å². The molecule has 1 rings (SSSR count). The third kappa shape index (κ3) is 2.88. The second kappa shape index (κ2) is 5.43. The van der Waals surface area contributed by atoms with Gasteiger partial charge in [0.05, 0.1) is 11.7 Å². The molecule has 1 aromatic carbocycles. The van der Waals surface area contributed by atoms with Crippen LogP contribution >= 0.6 is 0 Å². The van der Waals surface area contributed by atoms with Crippen molar-refractivity contribution in [1.82, 2.24) is 0 Å². The highest BCUT2D eigenvalue weighted by Gasteiger charge is 2.34. The number of rotatable bonds is 4. The fraction of sp³-hybridized carbons (Fsp3) is 0.400. The molecule has 19 heavy (non-hydrogen) atoms. The van der Waals surface area contributed by atoms with E-state index in [0.29, 0.717) is 0 Å². The second-order valence-corrected chi connectivity index (χ2v) is 5.14. The maximum absolute atomic E-state index is 13.5. The molecule has 0 aromatic heterocycles. The molecule has 0 saturated heterocycles. The smallest absolute Gasteiger partial charge is 0.300 e. The lowest BCUT2D eigenvalue weighted by molar-refractivity contribution is 0.153. The van der Waals surface area contributed by atoms with Crippen LogP contribution in [0.1, 0.15) is 31.4 Å². The molecule has 0 radical (unpaired) electrons. The third-order valence-corrected chi connectivity index (χ3v) is 3.28. The van der Waals surface area contributed by atoms with Crippen molar-refractivity contribution in [3.05, 3.63) is 28.8 Å². The fourth-order valence-corrected chi connectivity index (χ4v) is 2.20. The predicted molar refractivity (Wildman–Crippen MR) is 56.0 cm³/mol. The lowest BCUT2D eigenvalue weighted by Gasteiger charge is -2.14. The fourth-order valence-electron chi connectivity index (χ4n) is 1.57. The van der Waals surface area contributed by atoms with E-state index < -0.39 is 49.9 Å². The molecule has 1 unspecified atom stereocenters. The van der Waals surface area contributed by atoms with E-state index in [1.807, 2.05) is 0 Å². The highest BCUT2D eigenvalue weighted by atomic mass is 32.2. The Bertz CT molecular complexity index is 571. The van der Waals surface area contributed by atoms with E-state index in [1.54, 1.807) is 6.92 Å². The minimum Gasteiger partial charge on any atom is -0.388 e. The van der Waals surface area contributed by atoms with Gasteiger partial charge in [-0.2, -0.15) is 8.42 Å². The first-order chi connectivity index (χ1) is 8.62. The molecule has 0 amide bonds. The van der Waals surface area contributed by atoms with Crippen LogP contribution in [0.15, 0.2) is 4.90 Å². The van der Waals surface area contributed by atoms with Gasteiger partial charge in [0.25, 0.3) is 0 Å². The van der Waals surface area contributed by atoms with Crippen molar-refractivity contribution in [2.75, 3.05) is 0 Å². The van der Waals surface area contributed by atoms with Crippen molar-refractivity contribution >= 4 is 10.1 Å². The molecule has 1 aromatic rings. The third-order valence-electron chi connectivity index (χ3n) is 2.41. The molecule has 0 aliphatic heterocycles. The summed E-state index contributed by atoms with van der Waals surface area (Å²) in [5.41, 5.74) is -1.30. The zero-order chi connectivity index (χ0) is 15.0. The molecular formula is C10H10F4O4S. The first-order valence-electron chi connectivity index (χ1n) is 5.14. The molecule has 4 nitrogen and oxygen atoms in total. The van der Waals surface area contributed by atoms with Gasteiger partial charge in [-0.05, 0) is 6.42 Å². The number of hydrogen-bond acceptors (Lipinski definition) is 3. The Morgan fingerprint density at radius 1 is 1.05 bits per heavy atom. The van der Waals surface area contributed by atoms with E-state index in [2.05, 4.69) is 0 Å². The average molecular weight is 302 g/mol. The average Bonchev–Trinajstić information content (AvgIpc) is 2.25. The Labute approximate surface area is 106 Å². The highest BCUT2D eigenvalue weighted by Crippen LogP contribution is 2.32. The topological polar surface area (TPSA) is 74.6 Å². The van der Waals surface area contributed by atoms with E-state index in [9.17, 15) is 31.1 Å². The molecule has 0 aliphatic rings. The zero-order valence-electron chi connectivity index (χ0n) is 9.62. The Morgan fingerprint density at radius 2 is 1.47 bits per heavy atom. The van der Waals surface area contributed by atoms with Gasteiger partial charge in [-0.1, -0.05) is 13.3 Å². The maximum atomic E-state index is 13.5. The summed E-state index contributed by atoms with van der Waals surface area (Å²) in [4.78, 5) is -2.12. The van der Waals surface area contributed by atoms with Crippen LogP contribution in [0, 0.1) is 23.3 Å². The molecule has 1 atom stereocenters. The van der Waals surface area contributed by atoms with Gasteiger partial charge in [-0.15, -0.1) is 0 Å². The lowest BCUT2D eigenvalue weighted by Crippen LogP contribution is -2.15. The maximum Gasteiger partial charge on any atom is 0.300 e. The summed E-state index contributed by atoms with van der Waals surface area (Å²) in [6.45, 7) is 1.55. The van der Waals surface area contributed by atoms with E-state index in [-0.39, 0.29) is 12.8 Å². The van der Waals surface area contributed by atoms with Gasteiger partial charge >= 0.3 is 10.1 Å². The molecule has 9 heteroatoms. The lowest BCUT2D eigenvalue weighted by atomic mass is 10.0. The predicted octanol–water partition coefficient (Wildman–Crippen LogP) is 2.32. The Morgan fingerprint density at radius 3 is 1.79 bits per heavy atom. The normalized spacial score (nSPS) is 13.6. The summed E-state index contributed by atoms with van der Waals surface area (Å²) in [5.74, 6) is -8.64. The van der Waals surface area contributed by atoms with Crippen LogP contribution in [0.4, 0.5) is 17.6 Å². The van der Waals surface area contributed by atoms with Gasteiger partial charge in [-0.25, -0.2) is 17.6 Å². The first kappa shape index (κ1) is 15.9. The SMILES string of the molecule is CCCC(O)c1c(F)c(F)c(S(=O)(=O)O)c(F)c1F. The Hall–Kier alpha value is -1.19. The quantitative estimate of drug-likeness (QED) is 0.508. The number of halogens is 4. The minimum absolute atomic E-state index is 0.183. The number of benzene rings is 1. The largest absolute Gasteiger partial charge is 0.388 e. The van der Waals surface area contributed by atoms with Crippen molar-refractivity contribution in [2.45, 2.75) is 30.8 Å². The van der Waals surface area contributed by atoms with Crippen molar-refractivity contribution in [3.63, 3.8) is 0 Å². The summed E-state index contributed by atoms with van der Waals surface area (Å²) < 4.78 is 83.6. The summed E-state index contributed by atoms with van der Waals surface area (Å²) in [6, 6.07) is 0. The van der Waals surface area contributed by atoms with E-state index in [0.717, 1.165) is 0 Å². The second-order valence-electron chi connectivity index (χ2n) is 3.78. The van der Waals surface area contributed by atoms with Gasteiger partial charge in [0.1, 0.15) is 0 Å². The molecule has 0 bridgehead atoms. The van der Waals surface area contributed by atoms with Gasteiger partial charge in [-0.3, -0.25) is 4.55 Å². The van der Waals surface area contributed by atoms with Crippen LogP contribution in [0.25, 0.3) is 0 Å². The summed E-state index contributed by atoms with van der Waals surface area (Å²) in [6.07, 6.45) is -1.74. The van der Waals surface area contributed by atoms with Crippen molar-refractivity contribution in [1.29, 1.82) is 0 Å². The first-order valence-corrected chi connectivity index (χ1v) is 6.58. The van der Waals surface area contributed by atoms with Crippen LogP contribution in [0.2, 0.25) is 0 Å². The van der Waals surface area contributed by atoms with Crippen LogP contribution in [-0.4, -0.2) is 18.1 Å². The van der Waals surface area contributed by atoms with Gasteiger partial charge in [0.15, 0.2) is 28.2 Å². The van der Waals surface area contributed by atoms with Crippen LogP contribution in [0.5, 0.6) is 0 Å². The molecule has 0 saturated carbocycles. The van der Waals surface area contributed by atoms with E-state index in [1.165, 1.54) is 0 Å². The number of hydrogen-bond donors (Lipinski definition) is 2. The van der Waals surface area contributed by atoms with Crippen LogP contribution < -0.4 is 0 Å². The summed E-state index contributed by atoms with van der Waals surface area (Å²) in [5, 5.41) is 9.40. The van der Waals surface area contributed by atoms with Gasteiger partial charge < -0.3 is 5.11 Å². The van der Waals surface area contributed by atoms with Crippen LogP contribution in [-0.2, 0) is 10.1 Å². The molecular weight excluding hydrogens is 292 g/mol. The van der Waals surface area contributed by atoms with Gasteiger partial charge in [0.2, 0.25) is 0 Å². The van der Waals surface area contributed by atoms with Crippen LogP contribution in [0.3, 0.4) is 0 Å². The van der Waals surface area contributed by atoms with E-state index >= 15 is 0 Å². The van der Waals surface area contributed by atoms with Crippen molar-refractivity contribution in [3.8, 4) is 0 Å². The molecule has 0 spiro atoms. The Kier molecular flexibility index (Phi) is 4.54. The Balaban J connectivity index is 3.66. The van der Waals surface area contributed by atoms with E-state index in [4.69, 9.17) is 4.55 Å².